The Labute approximate surface area is 234 Å². The van der Waals surface area contributed by atoms with Crippen molar-refractivity contribution in [1.82, 2.24) is 10.3 Å². The minimum atomic E-state index is -0.869. The van der Waals surface area contributed by atoms with E-state index in [1.54, 1.807) is 25.3 Å². The molecule has 1 heterocycles. The number of nitrogens with zero attached hydrogens (tertiary/aromatic N) is 2. The van der Waals surface area contributed by atoms with Gasteiger partial charge in [-0.3, -0.25) is 14.8 Å². The van der Waals surface area contributed by atoms with Gasteiger partial charge in [0.2, 0.25) is 5.91 Å². The number of benzene rings is 1. The fourth-order valence-corrected chi connectivity index (χ4v) is 4.80. The molecule has 0 saturated carbocycles. The summed E-state index contributed by atoms with van der Waals surface area (Å²) in [5, 5.41) is 15.2. The highest BCUT2D eigenvalue weighted by Gasteiger charge is 2.23. The number of carbonyl (C=O) groups is 1. The van der Waals surface area contributed by atoms with Crippen LogP contribution in [0.4, 0.5) is 8.78 Å². The van der Waals surface area contributed by atoms with Crippen LogP contribution in [0, 0.1) is 15.3 Å². The molecule has 2 rings (SSSR count). The molecule has 37 heavy (non-hydrogen) atoms. The number of amides is 1. The monoisotopic (exact) mass is 685 g/mol. The largest absolute Gasteiger partial charge is 0.846 e. The van der Waals surface area contributed by atoms with Crippen molar-refractivity contribution in [3.63, 3.8) is 0 Å². The molecular formula is C27H29BrF2IN4O2-. The Kier molecular flexibility index (Phi) is 12.3. The Morgan fingerprint density at radius 2 is 2.11 bits per heavy atom. The molecule has 10 heteroatoms. The lowest BCUT2D eigenvalue weighted by molar-refractivity contribution is -0.221. The molecule has 2 aromatic rings. The van der Waals surface area contributed by atoms with Gasteiger partial charge in [-0.1, -0.05) is 67.2 Å². The maximum absolute atomic E-state index is 14.3. The molecule has 1 amide bonds. The number of nitrogens with two attached hydrogens (primary N) is 1. The van der Waals surface area contributed by atoms with E-state index in [2.05, 4.69) is 35.7 Å². The van der Waals surface area contributed by atoms with Gasteiger partial charge in [-0.2, -0.15) is 0 Å². The molecule has 3 atom stereocenters. The molecule has 3 N–H and O–H groups in total. The number of hydrogen-bond donors (Lipinski definition) is 2. The van der Waals surface area contributed by atoms with Crippen LogP contribution in [0.5, 0.6) is 0 Å². The Morgan fingerprint density at radius 1 is 1.38 bits per heavy atom. The van der Waals surface area contributed by atoms with Gasteiger partial charge in [-0.25, -0.2) is 8.78 Å². The van der Waals surface area contributed by atoms with Gasteiger partial charge in [0, 0.05) is 32.9 Å². The van der Waals surface area contributed by atoms with Crippen molar-refractivity contribution in [2.45, 2.75) is 39.2 Å². The highest BCUT2D eigenvalue weighted by molar-refractivity contribution is 14.2. The SMILES string of the molecule is C=Ic1cc(F)cc(C[C@H](N=C([O-])N/C=C(\C)Br)c2ncccc2[C@@H](C)[C@H](C)/C=C\C(F)=C\C(N)=O)c1. The molecule has 0 radical (unpaired) electrons. The summed E-state index contributed by atoms with van der Waals surface area (Å²) in [7, 11) is 0. The van der Waals surface area contributed by atoms with Gasteiger partial charge in [-0.15, -0.1) is 0 Å². The lowest BCUT2D eigenvalue weighted by Crippen LogP contribution is -2.32. The molecule has 6 nitrogen and oxygen atoms in total. The molecular weight excluding hydrogens is 657 g/mol. The van der Waals surface area contributed by atoms with Gasteiger partial charge in [0.05, 0.1) is 17.8 Å². The van der Waals surface area contributed by atoms with E-state index in [4.69, 9.17) is 5.73 Å². The summed E-state index contributed by atoms with van der Waals surface area (Å²) >= 11 is 2.68. The molecule has 0 aliphatic rings. The lowest BCUT2D eigenvalue weighted by Gasteiger charge is -2.24. The minimum Gasteiger partial charge on any atom is -0.846 e. The van der Waals surface area contributed by atoms with Crippen molar-refractivity contribution in [1.29, 1.82) is 0 Å². The maximum atomic E-state index is 14.3. The highest BCUT2D eigenvalue weighted by Crippen LogP contribution is 2.33. The van der Waals surface area contributed by atoms with E-state index in [1.165, 1.54) is 24.4 Å². The van der Waals surface area contributed by atoms with Crippen LogP contribution < -0.4 is 16.2 Å². The number of rotatable bonds is 11. The summed E-state index contributed by atoms with van der Waals surface area (Å²) < 4.78 is 33.6. The number of primary amides is 1. The zero-order valence-electron chi connectivity index (χ0n) is 20.7. The maximum Gasteiger partial charge on any atom is 0.244 e. The normalized spacial score (nSPS) is 15.5. The molecule has 0 spiro atoms. The number of nitrogens with one attached hydrogen (secondary N) is 1. The molecule has 0 aliphatic heterocycles. The quantitative estimate of drug-likeness (QED) is 0.111. The van der Waals surface area contributed by atoms with E-state index < -0.39 is 44.5 Å². The molecule has 1 aromatic carbocycles. The predicted molar refractivity (Wildman–Crippen MR) is 155 cm³/mol. The van der Waals surface area contributed by atoms with Crippen molar-refractivity contribution >= 4 is 53.1 Å². The summed E-state index contributed by atoms with van der Waals surface area (Å²) in [6.45, 7) is 5.62. The highest BCUT2D eigenvalue weighted by atomic mass is 127. The first-order valence-corrected chi connectivity index (χ1v) is 14.7. The predicted octanol–water partition coefficient (Wildman–Crippen LogP) is 5.27. The van der Waals surface area contributed by atoms with Crippen LogP contribution in [-0.4, -0.2) is 21.4 Å². The van der Waals surface area contributed by atoms with Crippen molar-refractivity contribution < 1.29 is 18.7 Å². The third-order valence-electron chi connectivity index (χ3n) is 5.48. The molecule has 198 valence electrons. The number of amidine groups is 1. The first kappa shape index (κ1) is 30.5. The number of allylic oxidation sites excluding steroid dienone is 4. The lowest BCUT2D eigenvalue weighted by atomic mass is 9.85. The smallest absolute Gasteiger partial charge is 0.244 e. The first-order valence-electron chi connectivity index (χ1n) is 11.3. The fraction of sp³-hybridized carbons (Fsp3) is 0.259. The van der Waals surface area contributed by atoms with E-state index in [0.29, 0.717) is 21.8 Å². The molecule has 0 unspecified atom stereocenters. The van der Waals surface area contributed by atoms with Crippen molar-refractivity contribution in [3.05, 3.63) is 97.5 Å². The number of halogens is 4. The van der Waals surface area contributed by atoms with Gasteiger partial charge in [-0.05, 0) is 60.2 Å². The van der Waals surface area contributed by atoms with Crippen LogP contribution in [0.1, 0.15) is 49.6 Å². The van der Waals surface area contributed by atoms with Crippen LogP contribution in [0.25, 0.3) is 0 Å². The third kappa shape index (κ3) is 10.3. The van der Waals surface area contributed by atoms with Gasteiger partial charge < -0.3 is 16.2 Å². The zero-order chi connectivity index (χ0) is 27.5. The second-order valence-corrected chi connectivity index (χ2v) is 11.6. The zero-order valence-corrected chi connectivity index (χ0v) is 24.5. The summed E-state index contributed by atoms with van der Waals surface area (Å²) in [6.07, 6.45) is 6.89. The van der Waals surface area contributed by atoms with Gasteiger partial charge in [0.15, 0.2) is 0 Å². The Bertz CT molecular complexity index is 1240. The second-order valence-electron chi connectivity index (χ2n) is 8.36. The number of carbonyl (C=O) groups excluding carboxylic acids is 1. The van der Waals surface area contributed by atoms with E-state index in [0.717, 1.165) is 9.13 Å². The van der Waals surface area contributed by atoms with E-state index >= 15 is 0 Å². The molecule has 0 bridgehead atoms. The van der Waals surface area contributed by atoms with Gasteiger partial charge >= 0.3 is 0 Å². The van der Waals surface area contributed by atoms with Crippen LogP contribution in [0.3, 0.4) is 0 Å². The molecule has 1 aromatic heterocycles. The van der Waals surface area contributed by atoms with Crippen molar-refractivity contribution in [2.24, 2.45) is 16.6 Å². The van der Waals surface area contributed by atoms with E-state index in [-0.39, 0.29) is 24.1 Å². The Balaban J connectivity index is 2.51. The summed E-state index contributed by atoms with van der Waals surface area (Å²) in [5.41, 5.74) is 7.06. The van der Waals surface area contributed by atoms with Gasteiger partial charge in [0.1, 0.15) is 11.6 Å². The van der Waals surface area contributed by atoms with Crippen LogP contribution in [0.2, 0.25) is 0 Å². The summed E-state index contributed by atoms with van der Waals surface area (Å²) in [4.78, 5) is 19.8. The molecule has 0 aliphatic carbocycles. The number of hydrogen-bond acceptors (Lipinski definition) is 4. The first-order chi connectivity index (χ1) is 17.5. The summed E-state index contributed by atoms with van der Waals surface area (Å²) in [6, 6.07) is 7.17. The summed E-state index contributed by atoms with van der Waals surface area (Å²) in [5.74, 6) is -2.30. The topological polar surface area (TPSA) is 103 Å². The second kappa shape index (κ2) is 14.9. The fourth-order valence-electron chi connectivity index (χ4n) is 3.54. The number of aromatic nitrogens is 1. The van der Waals surface area contributed by atoms with E-state index in [9.17, 15) is 18.7 Å². The Hall–Kier alpha value is -2.73. The van der Waals surface area contributed by atoms with E-state index in [1.807, 2.05) is 26.0 Å². The average molecular weight is 686 g/mol. The van der Waals surface area contributed by atoms with Crippen molar-refractivity contribution in [2.75, 3.05) is 0 Å². The molecule has 0 saturated heterocycles. The van der Waals surface area contributed by atoms with Crippen LogP contribution >= 0.6 is 36.7 Å². The average Bonchev–Trinajstić information content (AvgIpc) is 2.84. The number of pyridine rings is 1. The Morgan fingerprint density at radius 3 is 2.76 bits per heavy atom. The van der Waals surface area contributed by atoms with Gasteiger partial charge in [0.25, 0.3) is 0 Å². The van der Waals surface area contributed by atoms with Crippen molar-refractivity contribution in [3.8, 4) is 0 Å². The molecule has 0 fully saturated rings. The minimum absolute atomic E-state index is 0.152. The van der Waals surface area contributed by atoms with Crippen LogP contribution in [0.15, 0.2) is 76.3 Å². The third-order valence-corrected chi connectivity index (χ3v) is 7.21. The standard InChI is InChI=1S/C27H30BrF2IN4O2/c1-16(7-8-20(29)14-25(32)36)18(3)23-6-5-9-33-26(23)24(35-27(37)34-15-17(2)28)12-19-10-21(30)13-22(11-19)31-4/h5-11,13-16,18,24H,4,12H2,1-3H3,(H2,32,36)(H2,34,35,37)/p-1/b8-7-,17-15+,20-14-/t16-,18+,24+/m1/s1. The number of aliphatic imine (C=N–C) groups is 1. The van der Waals surface area contributed by atoms with Crippen LogP contribution in [-0.2, 0) is 11.2 Å².